The molecule has 0 saturated carbocycles. The number of hydrogen-bond acceptors (Lipinski definition) is 5. The summed E-state index contributed by atoms with van der Waals surface area (Å²) in [6, 6.07) is 21.7. The Kier molecular flexibility index (Phi) is 5.98. The van der Waals surface area contributed by atoms with Crippen molar-refractivity contribution in [2.45, 2.75) is 6.54 Å². The third-order valence-electron chi connectivity index (χ3n) is 4.82. The van der Waals surface area contributed by atoms with Gasteiger partial charge < -0.3 is 11.1 Å². The van der Waals surface area contributed by atoms with E-state index in [0.717, 1.165) is 11.6 Å². The molecule has 0 spiro atoms. The van der Waals surface area contributed by atoms with Crippen LogP contribution >= 0.6 is 0 Å². The minimum atomic E-state index is -0.534. The van der Waals surface area contributed by atoms with Gasteiger partial charge in [0.05, 0.1) is 11.9 Å². The lowest BCUT2D eigenvalue weighted by atomic mass is 10.1. The first-order valence-electron chi connectivity index (χ1n) is 9.86. The Morgan fingerprint density at radius 3 is 2.44 bits per heavy atom. The molecule has 1 heterocycles. The lowest BCUT2D eigenvalue weighted by molar-refractivity contribution is 0.0950. The number of amides is 1. The monoisotopic (exact) mass is 426 g/mol. The van der Waals surface area contributed by atoms with Crippen molar-refractivity contribution in [3.63, 3.8) is 0 Å². The summed E-state index contributed by atoms with van der Waals surface area (Å²) in [6.07, 6.45) is 1.43. The van der Waals surface area contributed by atoms with E-state index in [-0.39, 0.29) is 23.0 Å². The Balaban J connectivity index is 1.58. The summed E-state index contributed by atoms with van der Waals surface area (Å²) < 4.78 is 13.5. The zero-order valence-corrected chi connectivity index (χ0v) is 17.0. The molecule has 0 bridgehead atoms. The first kappa shape index (κ1) is 20.9. The molecule has 0 aliphatic heterocycles. The van der Waals surface area contributed by atoms with Crippen molar-refractivity contribution < 1.29 is 14.0 Å². The number of nitrogens with zero attached hydrogens (tertiary/aromatic N) is 2. The molecule has 6 nitrogen and oxygen atoms in total. The zero-order valence-electron chi connectivity index (χ0n) is 17.0. The molecule has 4 rings (SSSR count). The second-order valence-corrected chi connectivity index (χ2v) is 7.08. The number of nitrogens with one attached hydrogen (secondary N) is 1. The molecule has 32 heavy (non-hydrogen) atoms. The van der Waals surface area contributed by atoms with Crippen molar-refractivity contribution in [3.05, 3.63) is 113 Å². The normalized spacial score (nSPS) is 10.5. The summed E-state index contributed by atoms with van der Waals surface area (Å²) in [7, 11) is 0. The summed E-state index contributed by atoms with van der Waals surface area (Å²) >= 11 is 0. The molecule has 3 aromatic carbocycles. The molecule has 3 N–H and O–H groups in total. The molecule has 158 valence electrons. The van der Waals surface area contributed by atoms with E-state index in [2.05, 4.69) is 15.3 Å². The lowest BCUT2D eigenvalue weighted by Gasteiger charge is -2.09. The van der Waals surface area contributed by atoms with Crippen LogP contribution in [0.15, 0.2) is 85.1 Å². The van der Waals surface area contributed by atoms with Gasteiger partial charge in [-0.3, -0.25) is 9.59 Å². The first-order chi connectivity index (χ1) is 15.5. The van der Waals surface area contributed by atoms with Gasteiger partial charge in [0, 0.05) is 23.2 Å². The zero-order chi connectivity index (χ0) is 22.5. The van der Waals surface area contributed by atoms with Crippen molar-refractivity contribution in [2.75, 3.05) is 5.73 Å². The highest BCUT2D eigenvalue weighted by Gasteiger charge is 2.18. The predicted molar refractivity (Wildman–Crippen MR) is 119 cm³/mol. The summed E-state index contributed by atoms with van der Waals surface area (Å²) in [4.78, 5) is 33.8. The number of nitrogens with two attached hydrogens (primary N) is 1. The quantitative estimate of drug-likeness (QED) is 0.454. The van der Waals surface area contributed by atoms with E-state index in [1.54, 1.807) is 24.3 Å². The van der Waals surface area contributed by atoms with Crippen LogP contribution in [0.1, 0.15) is 32.0 Å². The molecule has 4 aromatic rings. The van der Waals surface area contributed by atoms with Crippen LogP contribution in [-0.4, -0.2) is 21.7 Å². The maximum atomic E-state index is 13.5. The average Bonchev–Trinajstić information content (AvgIpc) is 2.83. The van der Waals surface area contributed by atoms with Crippen LogP contribution < -0.4 is 11.1 Å². The molecule has 0 aliphatic rings. The Bertz CT molecular complexity index is 1290. The van der Waals surface area contributed by atoms with E-state index in [9.17, 15) is 14.0 Å². The third kappa shape index (κ3) is 4.67. The van der Waals surface area contributed by atoms with Crippen LogP contribution in [0, 0.1) is 5.82 Å². The molecule has 0 atom stereocenters. The summed E-state index contributed by atoms with van der Waals surface area (Å²) in [5.41, 5.74) is 8.31. The topological polar surface area (TPSA) is 98.0 Å². The van der Waals surface area contributed by atoms with Crippen molar-refractivity contribution in [1.82, 2.24) is 15.3 Å². The van der Waals surface area contributed by atoms with Gasteiger partial charge in [-0.15, -0.1) is 0 Å². The van der Waals surface area contributed by atoms with Crippen molar-refractivity contribution in [3.8, 4) is 11.3 Å². The number of carbonyl (C=O) groups is 2. The second-order valence-electron chi connectivity index (χ2n) is 7.08. The first-order valence-corrected chi connectivity index (χ1v) is 9.86. The largest absolute Gasteiger partial charge is 0.382 e. The molecular weight excluding hydrogens is 407 g/mol. The molecular formula is C25H19FN4O2. The predicted octanol–water partition coefficient (Wildman–Crippen LogP) is 4.03. The van der Waals surface area contributed by atoms with Gasteiger partial charge in [-0.2, -0.15) is 0 Å². The highest BCUT2D eigenvalue weighted by Crippen LogP contribution is 2.22. The summed E-state index contributed by atoms with van der Waals surface area (Å²) in [6.45, 7) is 0.401. The van der Waals surface area contributed by atoms with Gasteiger partial charge >= 0.3 is 0 Å². The van der Waals surface area contributed by atoms with Crippen LogP contribution in [-0.2, 0) is 6.54 Å². The Morgan fingerprint density at radius 2 is 1.66 bits per heavy atom. The van der Waals surface area contributed by atoms with E-state index in [0.29, 0.717) is 23.4 Å². The van der Waals surface area contributed by atoms with Gasteiger partial charge in [-0.05, 0) is 29.8 Å². The molecule has 0 unspecified atom stereocenters. The number of aromatic nitrogens is 2. The Labute approximate surface area is 184 Å². The lowest BCUT2D eigenvalue weighted by Crippen LogP contribution is -2.22. The number of nitrogen functional groups attached to an aromatic ring is 1. The Hall–Kier alpha value is -4.39. The number of carbonyl (C=O) groups excluding carboxylic acids is 2. The number of hydrogen-bond donors (Lipinski definition) is 2. The molecule has 0 radical (unpaired) electrons. The van der Waals surface area contributed by atoms with Gasteiger partial charge in [-0.1, -0.05) is 54.6 Å². The summed E-state index contributed by atoms with van der Waals surface area (Å²) in [5, 5.41) is 2.87. The van der Waals surface area contributed by atoms with Crippen LogP contribution in [0.3, 0.4) is 0 Å². The van der Waals surface area contributed by atoms with Crippen LogP contribution in [0.5, 0.6) is 0 Å². The number of ketones is 1. The van der Waals surface area contributed by atoms with Crippen LogP contribution in [0.4, 0.5) is 10.2 Å². The second kappa shape index (κ2) is 9.18. The minimum Gasteiger partial charge on any atom is -0.382 e. The fourth-order valence-corrected chi connectivity index (χ4v) is 3.17. The van der Waals surface area contributed by atoms with Crippen LogP contribution in [0.2, 0.25) is 0 Å². The molecule has 7 heteroatoms. The third-order valence-corrected chi connectivity index (χ3v) is 4.82. The maximum absolute atomic E-state index is 13.5. The highest BCUT2D eigenvalue weighted by molar-refractivity contribution is 6.10. The van der Waals surface area contributed by atoms with Crippen molar-refractivity contribution >= 4 is 17.5 Å². The highest BCUT2D eigenvalue weighted by atomic mass is 19.1. The van der Waals surface area contributed by atoms with Gasteiger partial charge in [-0.25, -0.2) is 14.4 Å². The smallest absolute Gasteiger partial charge is 0.251 e. The maximum Gasteiger partial charge on any atom is 0.251 e. The van der Waals surface area contributed by atoms with Gasteiger partial charge in [0.15, 0.2) is 11.5 Å². The molecule has 1 aromatic heterocycles. The van der Waals surface area contributed by atoms with Gasteiger partial charge in [0.2, 0.25) is 5.78 Å². The fraction of sp³-hybridized carbons (Fsp3) is 0.0400. The van der Waals surface area contributed by atoms with E-state index in [1.165, 1.54) is 24.4 Å². The fourth-order valence-electron chi connectivity index (χ4n) is 3.17. The standard InChI is InChI=1S/C25H19FN4O2/c26-20-11-5-9-18(13-20)23(31)22-24(27)28-15-21(30-22)17-8-4-10-19(12-17)25(32)29-14-16-6-2-1-3-7-16/h1-13,15H,14H2,(H2,27,28)(H,29,32). The number of benzene rings is 3. The number of rotatable bonds is 6. The van der Waals surface area contributed by atoms with Gasteiger partial charge in [0.1, 0.15) is 5.82 Å². The number of halogens is 1. The van der Waals surface area contributed by atoms with Crippen LogP contribution in [0.25, 0.3) is 11.3 Å². The number of anilines is 1. The van der Waals surface area contributed by atoms with E-state index in [1.807, 2.05) is 30.3 Å². The summed E-state index contributed by atoms with van der Waals surface area (Å²) in [5.74, 6) is -1.37. The molecule has 0 saturated heterocycles. The minimum absolute atomic E-state index is 0.0558. The molecule has 0 aliphatic carbocycles. The van der Waals surface area contributed by atoms with Crippen molar-refractivity contribution in [2.24, 2.45) is 0 Å². The van der Waals surface area contributed by atoms with E-state index >= 15 is 0 Å². The Morgan fingerprint density at radius 1 is 0.906 bits per heavy atom. The molecule has 0 fully saturated rings. The average molecular weight is 426 g/mol. The SMILES string of the molecule is Nc1ncc(-c2cccc(C(=O)NCc3ccccc3)c2)nc1C(=O)c1cccc(F)c1. The van der Waals surface area contributed by atoms with Gasteiger partial charge in [0.25, 0.3) is 5.91 Å². The van der Waals surface area contributed by atoms with E-state index < -0.39 is 11.6 Å². The molecule has 1 amide bonds. The van der Waals surface area contributed by atoms with E-state index in [4.69, 9.17) is 5.73 Å². The van der Waals surface area contributed by atoms with Crippen molar-refractivity contribution in [1.29, 1.82) is 0 Å².